The minimum absolute atomic E-state index is 0.128. The van der Waals surface area contributed by atoms with Gasteiger partial charge in [-0.1, -0.05) is 13.5 Å². The molecule has 106 valence electrons. The summed E-state index contributed by atoms with van der Waals surface area (Å²) in [5, 5.41) is 19.3. The molecule has 0 saturated heterocycles. The van der Waals surface area contributed by atoms with Crippen LogP contribution >= 0.6 is 0 Å². The third kappa shape index (κ3) is 4.56. The van der Waals surface area contributed by atoms with E-state index in [1.165, 1.54) is 24.3 Å². The minimum atomic E-state index is -1.14. The maximum atomic E-state index is 10.7. The molecule has 1 aromatic carbocycles. The summed E-state index contributed by atoms with van der Waals surface area (Å²) >= 11 is 0. The highest BCUT2D eigenvalue weighted by atomic mass is 16.6. The van der Waals surface area contributed by atoms with Crippen molar-refractivity contribution in [1.82, 2.24) is 0 Å². The number of nitro benzene ring substituents is 1. The molecule has 0 aromatic heterocycles. The van der Waals surface area contributed by atoms with Crippen LogP contribution in [-0.2, 0) is 4.79 Å². The van der Waals surface area contributed by atoms with Gasteiger partial charge in [0.1, 0.15) is 12.4 Å². The molecule has 0 unspecified atom stereocenters. The third-order valence-electron chi connectivity index (χ3n) is 2.54. The van der Waals surface area contributed by atoms with E-state index in [-0.39, 0.29) is 12.3 Å². The number of carbonyl (C=O) groups is 1. The van der Waals surface area contributed by atoms with Crippen LogP contribution in [0.3, 0.4) is 0 Å². The molecule has 1 rings (SSSR count). The van der Waals surface area contributed by atoms with E-state index >= 15 is 0 Å². The molecule has 0 saturated carbocycles. The number of carboxylic acids is 1. The Morgan fingerprint density at radius 1 is 1.55 bits per heavy atom. The van der Waals surface area contributed by atoms with Crippen molar-refractivity contribution in [1.29, 1.82) is 0 Å². The van der Waals surface area contributed by atoms with Gasteiger partial charge >= 0.3 is 5.97 Å². The van der Waals surface area contributed by atoms with E-state index in [2.05, 4.69) is 6.58 Å². The average Bonchev–Trinajstić information content (AvgIpc) is 2.42. The van der Waals surface area contributed by atoms with E-state index in [1.807, 2.05) is 6.92 Å². The quantitative estimate of drug-likeness (QED) is 0.358. The second-order valence-corrected chi connectivity index (χ2v) is 4.04. The van der Waals surface area contributed by atoms with Gasteiger partial charge in [0.05, 0.1) is 4.92 Å². The number of aliphatic carboxylic acids is 1. The average molecular weight is 277 g/mol. The van der Waals surface area contributed by atoms with Crippen LogP contribution in [0.2, 0.25) is 0 Å². The summed E-state index contributed by atoms with van der Waals surface area (Å²) in [6.07, 6.45) is 2.92. The van der Waals surface area contributed by atoms with Gasteiger partial charge in [-0.15, -0.1) is 0 Å². The fraction of sp³-hybridized carbons (Fsp3) is 0.214. The molecule has 0 heterocycles. The topological polar surface area (TPSA) is 89.7 Å². The molecule has 6 heteroatoms. The van der Waals surface area contributed by atoms with Crippen LogP contribution in [0.25, 0.3) is 6.08 Å². The van der Waals surface area contributed by atoms with Crippen LogP contribution in [0, 0.1) is 10.1 Å². The molecule has 0 fully saturated rings. The molecule has 0 bridgehead atoms. The van der Waals surface area contributed by atoms with E-state index in [0.29, 0.717) is 11.3 Å². The van der Waals surface area contributed by atoms with E-state index in [0.717, 1.165) is 18.1 Å². The van der Waals surface area contributed by atoms with Gasteiger partial charge in [-0.05, 0) is 24.1 Å². The first-order chi connectivity index (χ1) is 9.43. The molecule has 0 spiro atoms. The molecule has 1 aromatic rings. The second-order valence-electron chi connectivity index (χ2n) is 4.04. The van der Waals surface area contributed by atoms with Crippen molar-refractivity contribution in [3.63, 3.8) is 0 Å². The Morgan fingerprint density at radius 2 is 2.25 bits per heavy atom. The predicted molar refractivity (Wildman–Crippen MR) is 74.7 cm³/mol. The molecule has 0 aliphatic heterocycles. The van der Waals surface area contributed by atoms with Crippen molar-refractivity contribution in [2.75, 3.05) is 6.61 Å². The van der Waals surface area contributed by atoms with Crippen molar-refractivity contribution >= 4 is 17.7 Å². The first-order valence-corrected chi connectivity index (χ1v) is 5.93. The summed E-state index contributed by atoms with van der Waals surface area (Å²) in [5.74, 6) is -0.761. The standard InChI is InChI=1S/C14H15NO5/c1-3-10(2)9-20-13-6-5-12(15(18)19)8-11(13)4-7-14(16)17/h4-8H,2-3,9H2,1H3,(H,16,17). The highest BCUT2D eigenvalue weighted by molar-refractivity contribution is 5.86. The lowest BCUT2D eigenvalue weighted by atomic mass is 10.1. The summed E-state index contributed by atoms with van der Waals surface area (Å²) in [7, 11) is 0. The van der Waals surface area contributed by atoms with Gasteiger partial charge in [-0.25, -0.2) is 4.79 Å². The van der Waals surface area contributed by atoms with Crippen molar-refractivity contribution in [2.45, 2.75) is 13.3 Å². The molecule has 0 amide bonds. The van der Waals surface area contributed by atoms with Gasteiger partial charge in [-0.2, -0.15) is 0 Å². The van der Waals surface area contributed by atoms with Crippen LogP contribution in [0.4, 0.5) is 5.69 Å². The highest BCUT2D eigenvalue weighted by Crippen LogP contribution is 2.26. The van der Waals surface area contributed by atoms with Crippen molar-refractivity contribution in [3.8, 4) is 5.75 Å². The molecule has 6 nitrogen and oxygen atoms in total. The summed E-state index contributed by atoms with van der Waals surface area (Å²) in [4.78, 5) is 20.7. The number of rotatable bonds is 7. The number of hydrogen-bond acceptors (Lipinski definition) is 4. The van der Waals surface area contributed by atoms with Gasteiger partial charge < -0.3 is 9.84 Å². The molecule has 0 radical (unpaired) electrons. The smallest absolute Gasteiger partial charge is 0.328 e. The van der Waals surface area contributed by atoms with E-state index in [4.69, 9.17) is 9.84 Å². The molecule has 0 atom stereocenters. The van der Waals surface area contributed by atoms with Crippen LogP contribution < -0.4 is 4.74 Å². The Balaban J connectivity index is 3.05. The zero-order valence-electron chi connectivity index (χ0n) is 11.0. The number of non-ortho nitro benzene ring substituents is 1. The summed E-state index contributed by atoms with van der Waals surface area (Å²) in [6.45, 7) is 6.01. The van der Waals surface area contributed by atoms with Crippen LogP contribution in [0.15, 0.2) is 36.4 Å². The maximum Gasteiger partial charge on any atom is 0.328 e. The lowest BCUT2D eigenvalue weighted by Crippen LogP contribution is -2.01. The van der Waals surface area contributed by atoms with Crippen molar-refractivity contribution < 1.29 is 19.6 Å². The fourth-order valence-corrected chi connectivity index (χ4v) is 1.35. The maximum absolute atomic E-state index is 10.7. The van der Waals surface area contributed by atoms with Crippen molar-refractivity contribution in [2.24, 2.45) is 0 Å². The number of hydrogen-bond donors (Lipinski definition) is 1. The van der Waals surface area contributed by atoms with Crippen LogP contribution in [0.1, 0.15) is 18.9 Å². The van der Waals surface area contributed by atoms with Crippen LogP contribution in [0.5, 0.6) is 5.75 Å². The monoisotopic (exact) mass is 277 g/mol. The van der Waals surface area contributed by atoms with E-state index < -0.39 is 10.9 Å². The van der Waals surface area contributed by atoms with E-state index in [9.17, 15) is 14.9 Å². The Labute approximate surface area is 116 Å². The molecule has 20 heavy (non-hydrogen) atoms. The van der Waals surface area contributed by atoms with Gasteiger partial charge in [0, 0.05) is 23.8 Å². The number of carboxylic acid groups (broad SMARTS) is 1. The lowest BCUT2D eigenvalue weighted by molar-refractivity contribution is -0.384. The van der Waals surface area contributed by atoms with E-state index in [1.54, 1.807) is 0 Å². The first-order valence-electron chi connectivity index (χ1n) is 5.93. The molecular weight excluding hydrogens is 262 g/mol. The molecule has 1 N–H and O–H groups in total. The Morgan fingerprint density at radius 3 is 2.80 bits per heavy atom. The zero-order valence-corrected chi connectivity index (χ0v) is 11.0. The SMILES string of the molecule is C=C(CC)COc1ccc([N+](=O)[O-])cc1C=CC(=O)O. The van der Waals surface area contributed by atoms with Crippen LogP contribution in [-0.4, -0.2) is 22.6 Å². The number of benzene rings is 1. The fourth-order valence-electron chi connectivity index (χ4n) is 1.35. The predicted octanol–water partition coefficient (Wildman–Crippen LogP) is 3.04. The van der Waals surface area contributed by atoms with Gasteiger partial charge in [-0.3, -0.25) is 10.1 Å². The first kappa shape index (κ1) is 15.4. The molecular formula is C14H15NO5. The molecule has 0 aliphatic carbocycles. The summed E-state index contributed by atoms with van der Waals surface area (Å²) < 4.78 is 5.49. The number of ether oxygens (including phenoxy) is 1. The lowest BCUT2D eigenvalue weighted by Gasteiger charge is -2.10. The summed E-state index contributed by atoms with van der Waals surface area (Å²) in [5.41, 5.74) is 1.08. The van der Waals surface area contributed by atoms with Crippen molar-refractivity contribution in [3.05, 3.63) is 52.1 Å². The number of nitrogens with zero attached hydrogens (tertiary/aromatic N) is 1. The Bertz CT molecular complexity index is 563. The van der Waals surface area contributed by atoms with Gasteiger partial charge in [0.2, 0.25) is 0 Å². The Hall–Kier alpha value is -2.63. The summed E-state index contributed by atoms with van der Waals surface area (Å²) in [6, 6.07) is 4.02. The largest absolute Gasteiger partial charge is 0.489 e. The van der Waals surface area contributed by atoms with Gasteiger partial charge in [0.15, 0.2) is 0 Å². The normalized spacial score (nSPS) is 10.4. The third-order valence-corrected chi connectivity index (χ3v) is 2.54. The number of nitro groups is 1. The second kappa shape index (κ2) is 7.08. The van der Waals surface area contributed by atoms with Gasteiger partial charge in [0.25, 0.3) is 5.69 Å². The zero-order chi connectivity index (χ0) is 15.1. The molecule has 0 aliphatic rings. The minimum Gasteiger partial charge on any atom is -0.489 e. The highest BCUT2D eigenvalue weighted by Gasteiger charge is 2.10. The Kier molecular flexibility index (Phi) is 5.46.